The number of hydrogen-bond donors (Lipinski definition) is 12. The van der Waals surface area contributed by atoms with Gasteiger partial charge in [0.15, 0.2) is 18.9 Å². The van der Waals surface area contributed by atoms with Crippen LogP contribution in [0.4, 0.5) is 0 Å². The molecule has 0 saturated carbocycles. The molecule has 3 aliphatic heterocycles. The van der Waals surface area contributed by atoms with E-state index < -0.39 is 124 Å². The van der Waals surface area contributed by atoms with Gasteiger partial charge in [0.2, 0.25) is 5.91 Å². The van der Waals surface area contributed by atoms with Crippen LogP contribution in [0.15, 0.2) is 72.9 Å². The number of carbonyl (C=O) groups is 1. The van der Waals surface area contributed by atoms with Crippen LogP contribution in [0.25, 0.3) is 0 Å². The highest BCUT2D eigenvalue weighted by molar-refractivity contribution is 5.76. The monoisotopic (exact) mass is 1420 g/mol. The molecule has 0 spiro atoms. The molecule has 0 radical (unpaired) electrons. The Kier molecular flexibility index (Phi) is 56.1. The second kappa shape index (κ2) is 61.4. The number of unbranched alkanes of at least 4 members (excludes halogenated alkanes) is 37. The van der Waals surface area contributed by atoms with E-state index in [9.17, 15) is 61.0 Å². The fraction of sp³-hybridized carbons (Fsp3) is 0.840. The van der Waals surface area contributed by atoms with E-state index in [4.69, 9.17) is 28.4 Å². The molecule has 0 aromatic rings. The zero-order valence-electron chi connectivity index (χ0n) is 62.2. The molecular formula is C81H145NO18. The molecule has 19 heteroatoms. The predicted molar refractivity (Wildman–Crippen MR) is 397 cm³/mol. The summed E-state index contributed by atoms with van der Waals surface area (Å²) in [6.45, 7) is 1.64. The summed E-state index contributed by atoms with van der Waals surface area (Å²) in [4.78, 5) is 13.5. The van der Waals surface area contributed by atoms with Crippen molar-refractivity contribution in [1.29, 1.82) is 0 Å². The number of aliphatic hydroxyl groups excluding tert-OH is 11. The van der Waals surface area contributed by atoms with Gasteiger partial charge in [0.1, 0.15) is 73.2 Å². The number of carbonyl (C=O) groups excluding carboxylic acids is 1. The zero-order chi connectivity index (χ0) is 72.5. The molecule has 1 amide bonds. The maximum absolute atomic E-state index is 13.5. The number of amides is 1. The highest BCUT2D eigenvalue weighted by Crippen LogP contribution is 2.33. The van der Waals surface area contributed by atoms with Crippen molar-refractivity contribution in [2.24, 2.45) is 0 Å². The van der Waals surface area contributed by atoms with Crippen molar-refractivity contribution in [1.82, 2.24) is 5.32 Å². The Hall–Kier alpha value is -2.77. The number of aliphatic hydroxyl groups is 11. The first kappa shape index (κ1) is 91.4. The third-order valence-corrected chi connectivity index (χ3v) is 19.7. The van der Waals surface area contributed by atoms with Crippen molar-refractivity contribution in [2.75, 3.05) is 26.4 Å². The van der Waals surface area contributed by atoms with Gasteiger partial charge in [0, 0.05) is 6.42 Å². The second-order valence-corrected chi connectivity index (χ2v) is 28.5. The van der Waals surface area contributed by atoms with E-state index in [1.807, 2.05) is 6.08 Å². The Balaban J connectivity index is 1.35. The van der Waals surface area contributed by atoms with Crippen LogP contribution in [-0.2, 0) is 33.2 Å². The van der Waals surface area contributed by atoms with E-state index in [0.717, 1.165) is 64.2 Å². The molecule has 3 heterocycles. The normalized spacial score (nSPS) is 26.8. The molecule has 12 N–H and O–H groups in total. The standard InChI is InChI=1S/C81H145NO18/c1-3-5-7-9-11-13-15-17-19-21-23-25-26-27-28-29-30-31-32-33-34-35-36-37-38-39-41-43-45-47-49-51-53-55-57-59-69(87)82-64(65(86)58-56-54-52-50-48-46-44-42-40-24-22-20-18-16-14-12-10-8-6-4-2)63-95-79-75(93)72(90)77(67(61-84)97-79)100-81-76(94)73(91)78(68(62-85)98-81)99-80-74(92)71(89)70(88)66(60-83)96-80/h5,7,11,13,17,19,23,25,48,50,56,58,64-68,70-81,83-86,88-94H,3-4,6,8-10,12,14-16,18,20-22,24,26-47,49,51-55,57,59-63H2,1-2H3,(H,82,87)/b7-5-,13-11-,19-17-,25-23-,50-48+,58-56+. The Bertz CT molecular complexity index is 2090. The smallest absolute Gasteiger partial charge is 0.220 e. The summed E-state index contributed by atoms with van der Waals surface area (Å²) < 4.78 is 34.4. The van der Waals surface area contributed by atoms with Crippen molar-refractivity contribution >= 4 is 5.91 Å². The average molecular weight is 1420 g/mol. The lowest BCUT2D eigenvalue weighted by atomic mass is 9.96. The van der Waals surface area contributed by atoms with Crippen LogP contribution < -0.4 is 5.32 Å². The van der Waals surface area contributed by atoms with Gasteiger partial charge in [-0.15, -0.1) is 0 Å². The molecule has 3 fully saturated rings. The van der Waals surface area contributed by atoms with Gasteiger partial charge in [-0.05, 0) is 70.6 Å². The van der Waals surface area contributed by atoms with Gasteiger partial charge in [0.05, 0.1) is 38.6 Å². The third kappa shape index (κ3) is 41.2. The minimum atomic E-state index is -1.98. The first-order chi connectivity index (χ1) is 48.8. The van der Waals surface area contributed by atoms with Crippen molar-refractivity contribution in [3.63, 3.8) is 0 Å². The van der Waals surface area contributed by atoms with Gasteiger partial charge in [-0.25, -0.2) is 0 Å². The summed E-state index contributed by atoms with van der Waals surface area (Å²) >= 11 is 0. The van der Waals surface area contributed by atoms with Gasteiger partial charge in [0.25, 0.3) is 0 Å². The van der Waals surface area contributed by atoms with Crippen molar-refractivity contribution in [3.05, 3.63) is 72.9 Å². The number of hydrogen-bond acceptors (Lipinski definition) is 18. The fourth-order valence-electron chi connectivity index (χ4n) is 13.3. The molecule has 0 aromatic carbocycles. The molecule has 3 rings (SSSR count). The molecule has 17 unspecified atom stereocenters. The molecule has 100 heavy (non-hydrogen) atoms. The maximum Gasteiger partial charge on any atom is 0.220 e. The Morgan fingerprint density at radius 1 is 0.370 bits per heavy atom. The van der Waals surface area contributed by atoms with Crippen LogP contribution in [0, 0.1) is 0 Å². The zero-order valence-corrected chi connectivity index (χ0v) is 62.2. The van der Waals surface area contributed by atoms with Crippen LogP contribution >= 0.6 is 0 Å². The van der Waals surface area contributed by atoms with Crippen LogP contribution in [0.5, 0.6) is 0 Å². The maximum atomic E-state index is 13.5. The Labute approximate surface area is 604 Å². The Morgan fingerprint density at radius 3 is 1.12 bits per heavy atom. The molecule has 19 nitrogen and oxygen atoms in total. The molecular weight excluding hydrogens is 1270 g/mol. The highest BCUT2D eigenvalue weighted by atomic mass is 16.8. The quantitative estimate of drug-likeness (QED) is 0.0199. The van der Waals surface area contributed by atoms with Gasteiger partial charge >= 0.3 is 0 Å². The molecule has 0 aromatic heterocycles. The Morgan fingerprint density at radius 2 is 0.700 bits per heavy atom. The van der Waals surface area contributed by atoms with Crippen LogP contribution in [0.1, 0.15) is 303 Å². The minimum Gasteiger partial charge on any atom is -0.394 e. The number of ether oxygens (including phenoxy) is 6. The summed E-state index contributed by atoms with van der Waals surface area (Å²) in [6, 6.07) is -0.992. The average Bonchev–Trinajstić information content (AvgIpc) is 0.783. The SMILES string of the molecule is CC/C=C\C/C=C\C/C=C\C/C=C\CCCCCCCCCCCCCCCCCCCCCCCCC(=O)NC(COC1OC(CO)C(OC2OC(CO)C(OC3OC(CO)C(O)C(O)C3O)C(O)C2O)C(O)C1O)C(O)/C=C/CC/C=C/CCCCCCCCCCCCCCCC. The first-order valence-corrected chi connectivity index (χ1v) is 40.2. The van der Waals surface area contributed by atoms with Crippen LogP contribution in [0.2, 0.25) is 0 Å². The number of nitrogens with one attached hydrogen (secondary N) is 1. The molecule has 3 aliphatic rings. The summed E-state index contributed by atoms with van der Waals surface area (Å²) in [5.41, 5.74) is 0. The van der Waals surface area contributed by atoms with E-state index in [0.29, 0.717) is 12.8 Å². The first-order valence-electron chi connectivity index (χ1n) is 40.2. The highest BCUT2D eigenvalue weighted by Gasteiger charge is 2.54. The largest absolute Gasteiger partial charge is 0.394 e. The lowest BCUT2D eigenvalue weighted by Gasteiger charge is -2.48. The van der Waals surface area contributed by atoms with Crippen molar-refractivity contribution < 1.29 is 89.4 Å². The van der Waals surface area contributed by atoms with Gasteiger partial charge < -0.3 is 89.9 Å². The summed E-state index contributed by atoms with van der Waals surface area (Å²) in [5, 5.41) is 121. The van der Waals surface area contributed by atoms with E-state index in [-0.39, 0.29) is 18.9 Å². The summed E-state index contributed by atoms with van der Waals surface area (Å²) in [5.74, 6) is -0.282. The molecule has 0 aliphatic carbocycles. The number of allylic oxidation sites excluding steroid dienone is 11. The summed E-state index contributed by atoms with van der Waals surface area (Å²) in [6.07, 6.45) is 53.3. The van der Waals surface area contributed by atoms with Crippen LogP contribution in [0.3, 0.4) is 0 Å². The van der Waals surface area contributed by atoms with Crippen LogP contribution in [-0.4, -0.2) is 193 Å². The lowest BCUT2D eigenvalue weighted by Crippen LogP contribution is -2.66. The lowest BCUT2D eigenvalue weighted by molar-refractivity contribution is -0.379. The molecule has 3 saturated heterocycles. The summed E-state index contributed by atoms with van der Waals surface area (Å²) in [7, 11) is 0. The van der Waals surface area contributed by atoms with E-state index in [1.54, 1.807) is 6.08 Å². The topological polar surface area (TPSA) is 307 Å². The fourth-order valence-corrected chi connectivity index (χ4v) is 13.3. The second-order valence-electron chi connectivity index (χ2n) is 28.5. The minimum absolute atomic E-state index is 0.237. The molecule has 582 valence electrons. The van der Waals surface area contributed by atoms with Crippen molar-refractivity contribution in [2.45, 2.75) is 407 Å². The van der Waals surface area contributed by atoms with E-state index >= 15 is 0 Å². The molecule has 17 atom stereocenters. The predicted octanol–water partition coefficient (Wildman–Crippen LogP) is 13.2. The van der Waals surface area contributed by atoms with Crippen molar-refractivity contribution in [3.8, 4) is 0 Å². The number of rotatable bonds is 63. The van der Waals surface area contributed by atoms with Gasteiger partial charge in [-0.1, -0.05) is 299 Å². The van der Waals surface area contributed by atoms with Gasteiger partial charge in [-0.3, -0.25) is 4.79 Å². The van der Waals surface area contributed by atoms with E-state index in [2.05, 4.69) is 79.9 Å². The van der Waals surface area contributed by atoms with E-state index in [1.165, 1.54) is 205 Å². The molecule has 0 bridgehead atoms. The third-order valence-electron chi connectivity index (χ3n) is 19.7. The van der Waals surface area contributed by atoms with Gasteiger partial charge in [-0.2, -0.15) is 0 Å².